The van der Waals surface area contributed by atoms with Gasteiger partial charge in [0.05, 0.1) is 17.5 Å². The first kappa shape index (κ1) is 19.3. The van der Waals surface area contributed by atoms with Crippen molar-refractivity contribution >= 4 is 23.5 Å². The third-order valence-corrected chi connectivity index (χ3v) is 6.51. The zero-order valence-electron chi connectivity index (χ0n) is 16.6. The van der Waals surface area contributed by atoms with Crippen LogP contribution in [0.4, 0.5) is 5.82 Å². The van der Waals surface area contributed by atoms with Gasteiger partial charge in [0.25, 0.3) is 0 Å². The number of aryl methyl sites for hydroxylation is 1. The number of aromatic nitrogens is 1. The number of rotatable bonds is 4. The highest BCUT2D eigenvalue weighted by molar-refractivity contribution is 8.01. The molecule has 2 aliphatic rings. The van der Waals surface area contributed by atoms with Crippen LogP contribution in [0.25, 0.3) is 0 Å². The van der Waals surface area contributed by atoms with E-state index < -0.39 is 0 Å². The molecule has 1 saturated heterocycles. The van der Waals surface area contributed by atoms with Crippen molar-refractivity contribution in [1.29, 1.82) is 0 Å². The Morgan fingerprint density at radius 2 is 2.04 bits per heavy atom. The van der Waals surface area contributed by atoms with Crippen LogP contribution in [0.5, 0.6) is 0 Å². The summed E-state index contributed by atoms with van der Waals surface area (Å²) in [5.74, 6) is 1.06. The van der Waals surface area contributed by atoms with Crippen molar-refractivity contribution in [3.05, 3.63) is 53.2 Å². The van der Waals surface area contributed by atoms with E-state index in [-0.39, 0.29) is 23.4 Å². The second-order valence-corrected chi connectivity index (χ2v) is 9.07. The average molecular weight is 398 g/mol. The quantitative estimate of drug-likeness (QED) is 0.858. The molecule has 6 heteroatoms. The molecule has 0 radical (unpaired) electrons. The summed E-state index contributed by atoms with van der Waals surface area (Å²) in [7, 11) is 0. The first-order valence-corrected chi connectivity index (χ1v) is 10.7. The first-order valence-electron chi connectivity index (χ1n) is 9.87. The maximum Gasteiger partial charge on any atom is 0.234 e. The van der Waals surface area contributed by atoms with Gasteiger partial charge < -0.3 is 15.0 Å². The number of pyridine rings is 1. The standard InChI is InChI=1S/C22H27N3O2S/c1-14-4-6-18-9-20(28-19(18)8-14)22(26)24-11-17-5-7-21(23-10-17)25-12-15(2)27-16(3)13-25/h4-8,10,15-16,20H,9,11-13H2,1-3H3,(H,24,26)/t15-,16+,20-/m1/s1. The van der Waals surface area contributed by atoms with Crippen LogP contribution in [-0.4, -0.2) is 41.4 Å². The molecule has 5 nitrogen and oxygen atoms in total. The number of carbonyl (C=O) groups is 1. The third kappa shape index (κ3) is 4.33. The Morgan fingerprint density at radius 3 is 2.75 bits per heavy atom. The maximum absolute atomic E-state index is 12.6. The number of nitrogens with zero attached hydrogens (tertiary/aromatic N) is 2. The molecule has 3 heterocycles. The Hall–Kier alpha value is -2.05. The molecule has 1 fully saturated rings. The molecule has 1 aromatic carbocycles. The smallest absolute Gasteiger partial charge is 0.234 e. The summed E-state index contributed by atoms with van der Waals surface area (Å²) in [5.41, 5.74) is 3.53. The molecule has 148 valence electrons. The lowest BCUT2D eigenvalue weighted by atomic mass is 10.1. The van der Waals surface area contributed by atoms with E-state index in [1.165, 1.54) is 16.0 Å². The summed E-state index contributed by atoms with van der Waals surface area (Å²) < 4.78 is 5.79. The largest absolute Gasteiger partial charge is 0.372 e. The molecule has 3 atom stereocenters. The van der Waals surface area contributed by atoms with Crippen molar-refractivity contribution in [2.24, 2.45) is 0 Å². The fourth-order valence-corrected chi connectivity index (χ4v) is 5.17. The van der Waals surface area contributed by atoms with E-state index >= 15 is 0 Å². The van der Waals surface area contributed by atoms with Gasteiger partial charge in [-0.05, 0) is 50.5 Å². The molecule has 2 aromatic rings. The second-order valence-electron chi connectivity index (χ2n) is 7.83. The molecule has 0 aliphatic carbocycles. The summed E-state index contributed by atoms with van der Waals surface area (Å²) in [6.45, 7) is 8.48. The van der Waals surface area contributed by atoms with E-state index in [1.807, 2.05) is 18.3 Å². The number of carbonyl (C=O) groups excluding carboxylic acids is 1. The summed E-state index contributed by atoms with van der Waals surface area (Å²) in [6, 6.07) is 10.5. The minimum Gasteiger partial charge on any atom is -0.372 e. The van der Waals surface area contributed by atoms with Crippen molar-refractivity contribution < 1.29 is 9.53 Å². The van der Waals surface area contributed by atoms with Gasteiger partial charge in [-0.3, -0.25) is 4.79 Å². The second kappa shape index (κ2) is 8.13. The van der Waals surface area contributed by atoms with Gasteiger partial charge in [-0.1, -0.05) is 23.8 Å². The number of hydrogen-bond donors (Lipinski definition) is 1. The summed E-state index contributed by atoms with van der Waals surface area (Å²) in [4.78, 5) is 20.7. The van der Waals surface area contributed by atoms with Gasteiger partial charge in [0, 0.05) is 30.7 Å². The number of thioether (sulfide) groups is 1. The van der Waals surface area contributed by atoms with Crippen LogP contribution in [0.2, 0.25) is 0 Å². The number of anilines is 1. The lowest BCUT2D eigenvalue weighted by Gasteiger charge is -2.36. The third-order valence-electron chi connectivity index (χ3n) is 5.21. The summed E-state index contributed by atoms with van der Waals surface area (Å²) in [6.07, 6.45) is 3.08. The number of nitrogens with one attached hydrogen (secondary N) is 1. The van der Waals surface area contributed by atoms with E-state index in [4.69, 9.17) is 4.74 Å². The Labute approximate surface area is 170 Å². The van der Waals surface area contributed by atoms with Crippen LogP contribution < -0.4 is 10.2 Å². The molecule has 4 rings (SSSR count). The Bertz CT molecular complexity index is 845. The lowest BCUT2D eigenvalue weighted by molar-refractivity contribution is -0.120. The number of amides is 1. The van der Waals surface area contributed by atoms with Crippen molar-refractivity contribution in [1.82, 2.24) is 10.3 Å². The van der Waals surface area contributed by atoms with Crippen molar-refractivity contribution in [2.45, 2.75) is 56.1 Å². The summed E-state index contributed by atoms with van der Waals surface area (Å²) in [5, 5.41) is 3.03. The normalized spacial score (nSPS) is 24.1. The zero-order chi connectivity index (χ0) is 19.7. The van der Waals surface area contributed by atoms with Gasteiger partial charge in [-0.2, -0.15) is 0 Å². The molecule has 0 saturated carbocycles. The zero-order valence-corrected chi connectivity index (χ0v) is 17.5. The molecule has 1 N–H and O–H groups in total. The highest BCUT2D eigenvalue weighted by Crippen LogP contribution is 2.37. The molecule has 28 heavy (non-hydrogen) atoms. The van der Waals surface area contributed by atoms with Gasteiger partial charge in [-0.25, -0.2) is 4.98 Å². The van der Waals surface area contributed by atoms with Crippen LogP contribution in [0, 0.1) is 6.92 Å². The van der Waals surface area contributed by atoms with Crippen LogP contribution in [0.15, 0.2) is 41.4 Å². The molecular weight excluding hydrogens is 370 g/mol. The van der Waals surface area contributed by atoms with Crippen LogP contribution in [-0.2, 0) is 22.5 Å². The fourth-order valence-electron chi connectivity index (χ4n) is 3.86. The molecule has 0 bridgehead atoms. The topological polar surface area (TPSA) is 54.5 Å². The van der Waals surface area contributed by atoms with Gasteiger partial charge >= 0.3 is 0 Å². The van der Waals surface area contributed by atoms with Crippen LogP contribution in [0.3, 0.4) is 0 Å². The number of morpholine rings is 1. The molecule has 1 amide bonds. The number of hydrogen-bond acceptors (Lipinski definition) is 5. The molecule has 0 spiro atoms. The molecular formula is C22H27N3O2S. The average Bonchev–Trinajstić information content (AvgIpc) is 3.09. The van der Waals surface area contributed by atoms with Gasteiger partial charge in [0.15, 0.2) is 0 Å². The lowest BCUT2D eigenvalue weighted by Crippen LogP contribution is -2.45. The Balaban J connectivity index is 1.31. The highest BCUT2D eigenvalue weighted by atomic mass is 32.2. The van der Waals surface area contributed by atoms with Crippen molar-refractivity contribution in [2.75, 3.05) is 18.0 Å². The monoisotopic (exact) mass is 397 g/mol. The highest BCUT2D eigenvalue weighted by Gasteiger charge is 2.28. The van der Waals surface area contributed by atoms with E-state index in [0.29, 0.717) is 6.54 Å². The van der Waals surface area contributed by atoms with Crippen molar-refractivity contribution in [3.63, 3.8) is 0 Å². The maximum atomic E-state index is 12.6. The molecule has 0 unspecified atom stereocenters. The minimum absolute atomic E-state index is 0.0413. The van der Waals surface area contributed by atoms with Crippen molar-refractivity contribution in [3.8, 4) is 0 Å². The molecule has 1 aromatic heterocycles. The van der Waals surface area contributed by atoms with Crippen LogP contribution >= 0.6 is 11.8 Å². The van der Waals surface area contributed by atoms with E-state index in [0.717, 1.165) is 30.9 Å². The SMILES string of the molecule is Cc1ccc2c(c1)S[C@@H](C(=O)NCc1ccc(N3C[C@@H](C)O[C@@H](C)C3)nc1)C2. The number of benzene rings is 1. The van der Waals surface area contributed by atoms with Gasteiger partial charge in [0.2, 0.25) is 5.91 Å². The van der Waals surface area contributed by atoms with Gasteiger partial charge in [0.1, 0.15) is 5.82 Å². The van der Waals surface area contributed by atoms with E-state index in [1.54, 1.807) is 11.8 Å². The fraction of sp³-hybridized carbons (Fsp3) is 0.455. The number of ether oxygens (including phenoxy) is 1. The van der Waals surface area contributed by atoms with E-state index in [9.17, 15) is 4.79 Å². The Morgan fingerprint density at radius 1 is 1.25 bits per heavy atom. The minimum atomic E-state index is -0.0413. The van der Waals surface area contributed by atoms with E-state index in [2.05, 4.69) is 54.2 Å². The van der Waals surface area contributed by atoms with Crippen LogP contribution in [0.1, 0.15) is 30.5 Å². The number of fused-ring (bicyclic) bond motifs is 1. The predicted octanol–water partition coefficient (Wildman–Crippen LogP) is 3.34. The predicted molar refractivity (Wildman–Crippen MR) is 113 cm³/mol. The van der Waals surface area contributed by atoms with Gasteiger partial charge in [-0.15, -0.1) is 11.8 Å². The first-order chi connectivity index (χ1) is 13.5. The molecule has 2 aliphatic heterocycles. The Kier molecular flexibility index (Phi) is 5.60. The summed E-state index contributed by atoms with van der Waals surface area (Å²) >= 11 is 1.67.